The number of benzene rings is 2. The molecule has 0 fully saturated rings. The van der Waals surface area contributed by atoms with Crippen molar-refractivity contribution in [1.82, 2.24) is 0 Å². The molecule has 0 aliphatic carbocycles. The third-order valence-electron chi connectivity index (χ3n) is 2.75. The molecule has 19 heavy (non-hydrogen) atoms. The van der Waals surface area contributed by atoms with Crippen molar-refractivity contribution in [1.29, 1.82) is 0 Å². The van der Waals surface area contributed by atoms with Crippen molar-refractivity contribution >= 4 is 5.97 Å². The topological polar surface area (TPSA) is 46.5 Å². The Labute approximate surface area is 110 Å². The lowest BCUT2D eigenvalue weighted by molar-refractivity contribution is 0.0690. The Morgan fingerprint density at radius 2 is 1.89 bits per heavy atom. The number of hydrogen-bond acceptors (Lipinski definition) is 2. The van der Waals surface area contributed by atoms with Crippen LogP contribution in [0.5, 0.6) is 5.75 Å². The zero-order valence-corrected chi connectivity index (χ0v) is 10.4. The van der Waals surface area contributed by atoms with Gasteiger partial charge in [0.25, 0.3) is 0 Å². The summed E-state index contributed by atoms with van der Waals surface area (Å²) in [4.78, 5) is 11.0. The lowest BCUT2D eigenvalue weighted by Crippen LogP contribution is -2.06. The molecule has 3 nitrogen and oxygen atoms in total. The predicted molar refractivity (Wildman–Crippen MR) is 68.9 cm³/mol. The van der Waals surface area contributed by atoms with Crippen LogP contribution in [0, 0.1) is 12.7 Å². The summed E-state index contributed by atoms with van der Waals surface area (Å²) < 4.78 is 19.3. The second-order valence-corrected chi connectivity index (χ2v) is 4.15. The highest BCUT2D eigenvalue weighted by Crippen LogP contribution is 2.26. The van der Waals surface area contributed by atoms with Gasteiger partial charge in [0.05, 0.1) is 0 Å². The molecule has 0 bridgehead atoms. The van der Waals surface area contributed by atoms with Gasteiger partial charge in [-0.3, -0.25) is 0 Å². The molecule has 98 valence electrons. The lowest BCUT2D eigenvalue weighted by atomic mass is 10.1. The smallest absolute Gasteiger partial charge is 0.339 e. The van der Waals surface area contributed by atoms with Crippen LogP contribution in [-0.2, 0) is 6.61 Å². The molecule has 4 heteroatoms. The Morgan fingerprint density at radius 1 is 1.21 bits per heavy atom. The first-order valence-corrected chi connectivity index (χ1v) is 5.78. The van der Waals surface area contributed by atoms with Crippen molar-refractivity contribution in [2.75, 3.05) is 0 Å². The van der Waals surface area contributed by atoms with Crippen molar-refractivity contribution in [3.8, 4) is 5.75 Å². The SMILES string of the molecule is Cc1ccc(C(=O)O)c(OCc2ccccc2)c1F. The Hall–Kier alpha value is -2.36. The molecule has 0 atom stereocenters. The summed E-state index contributed by atoms with van der Waals surface area (Å²) in [6.45, 7) is 1.69. The Balaban J connectivity index is 2.28. The maximum Gasteiger partial charge on any atom is 0.339 e. The lowest BCUT2D eigenvalue weighted by Gasteiger charge is -2.11. The highest BCUT2D eigenvalue weighted by molar-refractivity contribution is 5.91. The molecule has 0 aromatic heterocycles. The van der Waals surface area contributed by atoms with Crippen molar-refractivity contribution in [2.24, 2.45) is 0 Å². The Bertz CT molecular complexity index is 594. The highest BCUT2D eigenvalue weighted by Gasteiger charge is 2.17. The summed E-state index contributed by atoms with van der Waals surface area (Å²) in [7, 11) is 0. The first-order valence-electron chi connectivity index (χ1n) is 5.78. The quantitative estimate of drug-likeness (QED) is 0.916. The van der Waals surface area contributed by atoms with Gasteiger partial charge in [-0.25, -0.2) is 9.18 Å². The third kappa shape index (κ3) is 2.91. The molecule has 0 radical (unpaired) electrons. The summed E-state index contributed by atoms with van der Waals surface area (Å²) in [6.07, 6.45) is 0. The summed E-state index contributed by atoms with van der Waals surface area (Å²) in [5, 5.41) is 9.03. The number of carboxylic acids is 1. The maximum absolute atomic E-state index is 13.9. The second-order valence-electron chi connectivity index (χ2n) is 4.15. The molecular weight excluding hydrogens is 247 g/mol. The summed E-state index contributed by atoms with van der Waals surface area (Å²) in [5.41, 5.74) is 1.03. The fraction of sp³-hybridized carbons (Fsp3) is 0.133. The van der Waals surface area contributed by atoms with Crippen molar-refractivity contribution in [3.05, 3.63) is 65.0 Å². The molecule has 0 heterocycles. The van der Waals surface area contributed by atoms with Crippen LogP contribution in [0.25, 0.3) is 0 Å². The van der Waals surface area contributed by atoms with E-state index in [0.29, 0.717) is 5.56 Å². The van der Waals surface area contributed by atoms with E-state index in [0.717, 1.165) is 5.56 Å². The van der Waals surface area contributed by atoms with Crippen LogP contribution >= 0.6 is 0 Å². The van der Waals surface area contributed by atoms with E-state index in [2.05, 4.69) is 0 Å². The van der Waals surface area contributed by atoms with Gasteiger partial charge in [0.1, 0.15) is 12.2 Å². The standard InChI is InChI=1S/C15H13FO3/c1-10-7-8-12(15(17)18)14(13(10)16)19-9-11-5-3-2-4-6-11/h2-8H,9H2,1H3,(H,17,18). The van der Waals surface area contributed by atoms with Crippen molar-refractivity contribution < 1.29 is 19.0 Å². The second kappa shape index (κ2) is 5.52. The van der Waals surface area contributed by atoms with Crippen LogP contribution in [-0.4, -0.2) is 11.1 Å². The van der Waals surface area contributed by atoms with Gasteiger partial charge in [0.2, 0.25) is 0 Å². The van der Waals surface area contributed by atoms with E-state index in [4.69, 9.17) is 9.84 Å². The summed E-state index contributed by atoms with van der Waals surface area (Å²) in [5.74, 6) is -2.05. The molecular formula is C15H13FO3. The summed E-state index contributed by atoms with van der Waals surface area (Å²) in [6, 6.07) is 12.0. The minimum atomic E-state index is -1.21. The number of carbonyl (C=O) groups is 1. The third-order valence-corrected chi connectivity index (χ3v) is 2.75. The van der Waals surface area contributed by atoms with E-state index < -0.39 is 11.8 Å². The largest absolute Gasteiger partial charge is 0.485 e. The highest BCUT2D eigenvalue weighted by atomic mass is 19.1. The molecule has 0 aliphatic rings. The average Bonchev–Trinajstić information content (AvgIpc) is 2.41. The molecule has 0 saturated carbocycles. The summed E-state index contributed by atoms with van der Waals surface area (Å²) >= 11 is 0. The number of carboxylic acid groups (broad SMARTS) is 1. The average molecular weight is 260 g/mol. The number of halogens is 1. The molecule has 0 amide bonds. The number of ether oxygens (including phenoxy) is 1. The molecule has 0 spiro atoms. The minimum absolute atomic E-state index is 0.126. The van der Waals surface area contributed by atoms with E-state index in [1.807, 2.05) is 30.3 Å². The van der Waals surface area contributed by atoms with Crippen LogP contribution in [0.4, 0.5) is 4.39 Å². The van der Waals surface area contributed by atoms with Gasteiger partial charge in [0, 0.05) is 0 Å². The van der Waals surface area contributed by atoms with Crippen LogP contribution in [0.1, 0.15) is 21.5 Å². The van der Waals surface area contributed by atoms with Gasteiger partial charge < -0.3 is 9.84 Å². The molecule has 0 saturated heterocycles. The first-order chi connectivity index (χ1) is 9.09. The van der Waals surface area contributed by atoms with E-state index in [-0.39, 0.29) is 17.9 Å². The van der Waals surface area contributed by atoms with Gasteiger partial charge in [-0.15, -0.1) is 0 Å². The zero-order chi connectivity index (χ0) is 13.8. The first kappa shape index (κ1) is 13.1. The Kier molecular flexibility index (Phi) is 3.80. The van der Waals surface area contributed by atoms with Gasteiger partial charge in [0.15, 0.2) is 11.6 Å². The molecule has 2 aromatic rings. The number of rotatable bonds is 4. The van der Waals surface area contributed by atoms with E-state index >= 15 is 0 Å². The van der Waals surface area contributed by atoms with E-state index in [1.54, 1.807) is 6.92 Å². The van der Waals surface area contributed by atoms with Crippen LogP contribution in [0.15, 0.2) is 42.5 Å². The van der Waals surface area contributed by atoms with Crippen LogP contribution in [0.2, 0.25) is 0 Å². The van der Waals surface area contributed by atoms with E-state index in [9.17, 15) is 9.18 Å². The normalized spacial score (nSPS) is 10.2. The molecule has 0 unspecified atom stereocenters. The van der Waals surface area contributed by atoms with Gasteiger partial charge in [-0.05, 0) is 24.1 Å². The fourth-order valence-electron chi connectivity index (χ4n) is 1.69. The van der Waals surface area contributed by atoms with Crippen LogP contribution < -0.4 is 4.74 Å². The zero-order valence-electron chi connectivity index (χ0n) is 10.4. The van der Waals surface area contributed by atoms with Gasteiger partial charge in [-0.2, -0.15) is 0 Å². The predicted octanol–water partition coefficient (Wildman–Crippen LogP) is 3.41. The molecule has 2 aromatic carbocycles. The fourth-order valence-corrected chi connectivity index (χ4v) is 1.69. The van der Waals surface area contributed by atoms with Crippen molar-refractivity contribution in [3.63, 3.8) is 0 Å². The minimum Gasteiger partial charge on any atom is -0.485 e. The number of aryl methyl sites for hydroxylation is 1. The maximum atomic E-state index is 13.9. The van der Waals surface area contributed by atoms with Gasteiger partial charge >= 0.3 is 5.97 Å². The Morgan fingerprint density at radius 3 is 2.53 bits per heavy atom. The molecule has 2 rings (SSSR count). The van der Waals surface area contributed by atoms with Gasteiger partial charge in [-0.1, -0.05) is 36.4 Å². The number of aromatic carboxylic acids is 1. The number of hydrogen-bond donors (Lipinski definition) is 1. The van der Waals surface area contributed by atoms with Crippen LogP contribution in [0.3, 0.4) is 0 Å². The molecule has 0 aliphatic heterocycles. The van der Waals surface area contributed by atoms with E-state index in [1.165, 1.54) is 12.1 Å². The molecule has 1 N–H and O–H groups in total. The monoisotopic (exact) mass is 260 g/mol. The van der Waals surface area contributed by atoms with Crippen molar-refractivity contribution in [2.45, 2.75) is 13.5 Å².